The Bertz CT molecular complexity index is 977. The summed E-state index contributed by atoms with van der Waals surface area (Å²) in [7, 11) is 0. The average molecular weight is 362 g/mol. The molecule has 0 radical (unpaired) electrons. The van der Waals surface area contributed by atoms with Crippen molar-refractivity contribution in [1.82, 2.24) is 10.3 Å². The fourth-order valence-electron chi connectivity index (χ4n) is 3.08. The van der Waals surface area contributed by atoms with Gasteiger partial charge in [0, 0.05) is 11.1 Å². The molecule has 2 heterocycles. The van der Waals surface area contributed by atoms with Gasteiger partial charge in [-0.1, -0.05) is 42.5 Å². The second-order valence-electron chi connectivity index (χ2n) is 6.41. The number of cyclic esters (lactones) is 1. The van der Waals surface area contributed by atoms with E-state index in [1.165, 1.54) is 0 Å². The number of oxazole rings is 1. The van der Waals surface area contributed by atoms with Gasteiger partial charge in [-0.2, -0.15) is 0 Å². The summed E-state index contributed by atoms with van der Waals surface area (Å²) in [6.07, 6.45) is -0.281. The van der Waals surface area contributed by atoms with Crippen LogP contribution in [0, 0.1) is 6.92 Å². The van der Waals surface area contributed by atoms with Crippen molar-refractivity contribution in [3.8, 4) is 22.7 Å². The Hall–Kier alpha value is -3.41. The molecule has 0 bridgehead atoms. The Morgan fingerprint density at radius 1 is 1.00 bits per heavy atom. The quantitative estimate of drug-likeness (QED) is 0.745. The number of aryl methyl sites for hydroxylation is 2. The molecular weight excluding hydrogens is 344 g/mol. The molecule has 1 fully saturated rings. The van der Waals surface area contributed by atoms with Gasteiger partial charge in [0.1, 0.15) is 11.5 Å². The molecule has 2 amide bonds. The molecule has 0 aliphatic carbocycles. The molecule has 6 nitrogen and oxygen atoms in total. The van der Waals surface area contributed by atoms with Crippen LogP contribution in [-0.2, 0) is 16.0 Å². The first-order valence-corrected chi connectivity index (χ1v) is 8.74. The van der Waals surface area contributed by atoms with Crippen molar-refractivity contribution in [2.75, 3.05) is 0 Å². The summed E-state index contributed by atoms with van der Waals surface area (Å²) >= 11 is 0. The molecule has 1 atom stereocenters. The van der Waals surface area contributed by atoms with Crippen molar-refractivity contribution in [3.05, 3.63) is 65.9 Å². The summed E-state index contributed by atoms with van der Waals surface area (Å²) < 4.78 is 10.7. The van der Waals surface area contributed by atoms with Gasteiger partial charge in [0.25, 0.3) is 5.91 Å². The zero-order valence-electron chi connectivity index (χ0n) is 14.8. The van der Waals surface area contributed by atoms with Crippen LogP contribution in [0.1, 0.15) is 17.7 Å². The molecule has 6 heteroatoms. The third kappa shape index (κ3) is 3.60. The van der Waals surface area contributed by atoms with Crippen LogP contribution < -0.4 is 5.32 Å². The fourth-order valence-corrected chi connectivity index (χ4v) is 3.08. The lowest BCUT2D eigenvalue weighted by molar-refractivity contribution is -0.123. The molecule has 2 aromatic carbocycles. The topological polar surface area (TPSA) is 81.4 Å². The van der Waals surface area contributed by atoms with E-state index in [1.54, 1.807) is 0 Å². The Morgan fingerprint density at radius 2 is 1.74 bits per heavy atom. The van der Waals surface area contributed by atoms with Gasteiger partial charge in [-0.15, -0.1) is 0 Å². The first kappa shape index (κ1) is 17.0. The number of alkyl carbamates (subject to hydrolysis) is 1. The van der Waals surface area contributed by atoms with Crippen molar-refractivity contribution in [3.63, 3.8) is 0 Å². The van der Waals surface area contributed by atoms with E-state index < -0.39 is 12.2 Å². The predicted octanol–water partition coefficient (Wildman–Crippen LogP) is 3.88. The van der Waals surface area contributed by atoms with Gasteiger partial charge in [0.05, 0.1) is 0 Å². The van der Waals surface area contributed by atoms with Crippen molar-refractivity contribution < 1.29 is 18.7 Å². The molecule has 3 aromatic rings. The fraction of sp³-hybridized carbons (Fsp3) is 0.190. The summed E-state index contributed by atoms with van der Waals surface area (Å²) in [5, 5.41) is 2.14. The standard InChI is InChI=1S/C21H18N2O4/c1-13-18(22-20(26-13)16-5-3-2-4-6-16)15-10-7-14(8-11-15)9-12-17-19(24)23-21(25)27-17/h2-8,10-11,17H,9,12H2,1H3,(H,23,24,25). The van der Waals surface area contributed by atoms with Crippen LogP contribution in [0.25, 0.3) is 22.7 Å². The third-order valence-electron chi connectivity index (χ3n) is 4.51. The number of ether oxygens (including phenoxy) is 1. The number of carbonyl (C=O) groups excluding carboxylic acids is 2. The van der Waals surface area contributed by atoms with E-state index in [-0.39, 0.29) is 5.91 Å². The molecule has 4 rings (SSSR count). The summed E-state index contributed by atoms with van der Waals surface area (Å²) in [6, 6.07) is 17.7. The Morgan fingerprint density at radius 3 is 2.41 bits per heavy atom. The maximum Gasteiger partial charge on any atom is 0.414 e. The second-order valence-corrected chi connectivity index (χ2v) is 6.41. The molecule has 1 aliphatic rings. The van der Waals surface area contributed by atoms with Crippen LogP contribution in [0.5, 0.6) is 0 Å². The Balaban J connectivity index is 1.47. The zero-order valence-corrected chi connectivity index (χ0v) is 14.8. The molecule has 0 saturated carbocycles. The van der Waals surface area contributed by atoms with Crippen molar-refractivity contribution >= 4 is 12.0 Å². The van der Waals surface area contributed by atoms with Gasteiger partial charge in [0.2, 0.25) is 5.89 Å². The predicted molar refractivity (Wildman–Crippen MR) is 98.8 cm³/mol. The highest BCUT2D eigenvalue weighted by atomic mass is 16.6. The van der Waals surface area contributed by atoms with Crippen molar-refractivity contribution in [1.29, 1.82) is 0 Å². The molecule has 1 aliphatic heterocycles. The van der Waals surface area contributed by atoms with E-state index in [0.29, 0.717) is 18.7 Å². The number of hydrogen-bond donors (Lipinski definition) is 1. The van der Waals surface area contributed by atoms with E-state index >= 15 is 0 Å². The molecule has 0 spiro atoms. The lowest BCUT2D eigenvalue weighted by atomic mass is 10.0. The van der Waals surface area contributed by atoms with E-state index in [1.807, 2.05) is 61.5 Å². The van der Waals surface area contributed by atoms with Crippen LogP contribution >= 0.6 is 0 Å². The molecule has 136 valence electrons. The van der Waals surface area contributed by atoms with Gasteiger partial charge < -0.3 is 9.15 Å². The number of carbonyl (C=O) groups is 2. The van der Waals surface area contributed by atoms with Crippen LogP contribution in [-0.4, -0.2) is 23.1 Å². The van der Waals surface area contributed by atoms with Crippen LogP contribution in [0.4, 0.5) is 4.79 Å². The zero-order chi connectivity index (χ0) is 18.8. The smallest absolute Gasteiger partial charge is 0.414 e. The van der Waals surface area contributed by atoms with E-state index in [2.05, 4.69) is 10.3 Å². The minimum absolute atomic E-state index is 0.372. The molecule has 1 unspecified atom stereocenters. The number of rotatable bonds is 5. The van der Waals surface area contributed by atoms with Gasteiger partial charge in [-0.25, -0.2) is 9.78 Å². The largest absolute Gasteiger partial charge is 0.441 e. The number of aromatic nitrogens is 1. The SMILES string of the molecule is Cc1oc(-c2ccccc2)nc1-c1ccc(CCC2OC(=O)NC2=O)cc1. The lowest BCUT2D eigenvalue weighted by Crippen LogP contribution is -2.24. The highest BCUT2D eigenvalue weighted by Crippen LogP contribution is 2.28. The third-order valence-corrected chi connectivity index (χ3v) is 4.51. The molecular formula is C21H18N2O4. The average Bonchev–Trinajstić information content (AvgIpc) is 3.23. The van der Waals surface area contributed by atoms with Crippen LogP contribution in [0.3, 0.4) is 0 Å². The lowest BCUT2D eigenvalue weighted by Gasteiger charge is -2.06. The number of nitrogens with one attached hydrogen (secondary N) is 1. The molecule has 27 heavy (non-hydrogen) atoms. The van der Waals surface area contributed by atoms with Gasteiger partial charge in [0.15, 0.2) is 6.10 Å². The maximum absolute atomic E-state index is 11.5. The van der Waals surface area contributed by atoms with E-state index in [9.17, 15) is 9.59 Å². The minimum atomic E-state index is -0.705. The van der Waals surface area contributed by atoms with Crippen molar-refractivity contribution in [2.24, 2.45) is 0 Å². The highest BCUT2D eigenvalue weighted by Gasteiger charge is 2.31. The Kier molecular flexibility index (Phi) is 4.46. The number of imide groups is 1. The summed E-state index contributed by atoms with van der Waals surface area (Å²) in [5.41, 5.74) is 3.77. The number of hydrogen-bond acceptors (Lipinski definition) is 5. The van der Waals surface area contributed by atoms with E-state index in [0.717, 1.165) is 28.1 Å². The maximum atomic E-state index is 11.5. The summed E-state index contributed by atoms with van der Waals surface area (Å²) in [6.45, 7) is 1.90. The normalized spacial score (nSPS) is 16.3. The van der Waals surface area contributed by atoms with Crippen LogP contribution in [0.15, 0.2) is 59.0 Å². The van der Waals surface area contributed by atoms with Gasteiger partial charge in [-0.3, -0.25) is 10.1 Å². The summed E-state index contributed by atoms with van der Waals surface area (Å²) in [5.74, 6) is 0.987. The molecule has 1 aromatic heterocycles. The number of benzene rings is 2. The molecule has 1 N–H and O–H groups in total. The van der Waals surface area contributed by atoms with Crippen molar-refractivity contribution in [2.45, 2.75) is 25.9 Å². The first-order valence-electron chi connectivity index (χ1n) is 8.74. The highest BCUT2D eigenvalue weighted by molar-refractivity contribution is 5.99. The Labute approximate surface area is 156 Å². The molecule has 1 saturated heterocycles. The van der Waals surface area contributed by atoms with E-state index in [4.69, 9.17) is 9.15 Å². The van der Waals surface area contributed by atoms with Crippen LogP contribution in [0.2, 0.25) is 0 Å². The summed E-state index contributed by atoms with van der Waals surface area (Å²) in [4.78, 5) is 27.2. The number of nitrogens with zero attached hydrogens (tertiary/aromatic N) is 1. The monoisotopic (exact) mass is 362 g/mol. The second kappa shape index (κ2) is 7.07. The first-order chi connectivity index (χ1) is 13.1. The van der Waals surface area contributed by atoms with Gasteiger partial charge >= 0.3 is 6.09 Å². The minimum Gasteiger partial charge on any atom is -0.441 e. The van der Waals surface area contributed by atoms with Gasteiger partial charge in [-0.05, 0) is 37.5 Å². The number of amides is 2.